The largest absolute Gasteiger partial charge is 0.352 e. The second-order valence-corrected chi connectivity index (χ2v) is 13.2. The van der Waals surface area contributed by atoms with Crippen molar-refractivity contribution in [2.24, 2.45) is 0 Å². The molecule has 10 heteroatoms. The van der Waals surface area contributed by atoms with Gasteiger partial charge in [0.1, 0.15) is 18.4 Å². The predicted molar refractivity (Wildman–Crippen MR) is 163 cm³/mol. The molecule has 1 atom stereocenters. The molecule has 0 heterocycles. The first-order chi connectivity index (χ1) is 20.0. The molecule has 2 amide bonds. The highest BCUT2D eigenvalue weighted by molar-refractivity contribution is 7.92. The van der Waals surface area contributed by atoms with E-state index in [-0.39, 0.29) is 23.4 Å². The number of amides is 2. The molecule has 1 saturated carbocycles. The first-order valence-corrected chi connectivity index (χ1v) is 16.0. The van der Waals surface area contributed by atoms with Crippen LogP contribution in [0.2, 0.25) is 5.02 Å². The fourth-order valence-corrected chi connectivity index (χ4v) is 6.89. The van der Waals surface area contributed by atoms with Crippen LogP contribution in [0, 0.1) is 19.7 Å². The Morgan fingerprint density at radius 2 is 1.62 bits per heavy atom. The zero-order chi connectivity index (χ0) is 30.4. The molecule has 42 heavy (non-hydrogen) atoms. The van der Waals surface area contributed by atoms with E-state index in [0.29, 0.717) is 21.8 Å². The van der Waals surface area contributed by atoms with Crippen LogP contribution in [0.15, 0.2) is 71.6 Å². The third kappa shape index (κ3) is 7.69. The third-order valence-electron chi connectivity index (χ3n) is 7.70. The van der Waals surface area contributed by atoms with Gasteiger partial charge in [-0.2, -0.15) is 0 Å². The van der Waals surface area contributed by atoms with Gasteiger partial charge in [0.25, 0.3) is 10.0 Å². The first kappa shape index (κ1) is 31.5. The number of nitrogens with one attached hydrogen (secondary N) is 1. The number of anilines is 1. The fraction of sp³-hybridized carbons (Fsp3) is 0.375. The van der Waals surface area contributed by atoms with Gasteiger partial charge >= 0.3 is 0 Å². The maximum absolute atomic E-state index is 14.1. The molecule has 7 nitrogen and oxygen atoms in total. The summed E-state index contributed by atoms with van der Waals surface area (Å²) in [7, 11) is -4.19. The van der Waals surface area contributed by atoms with Crippen LogP contribution >= 0.6 is 11.6 Å². The molecule has 224 valence electrons. The summed E-state index contributed by atoms with van der Waals surface area (Å²) in [5.74, 6) is -1.31. The van der Waals surface area contributed by atoms with Gasteiger partial charge < -0.3 is 10.2 Å². The van der Waals surface area contributed by atoms with Gasteiger partial charge in [0.2, 0.25) is 11.8 Å². The molecule has 1 N–H and O–H groups in total. The van der Waals surface area contributed by atoms with Crippen LogP contribution in [0.25, 0.3) is 0 Å². The summed E-state index contributed by atoms with van der Waals surface area (Å²) in [5, 5.41) is 3.50. The number of nitrogens with zero attached hydrogens (tertiary/aromatic N) is 2. The summed E-state index contributed by atoms with van der Waals surface area (Å²) >= 11 is 6.17. The summed E-state index contributed by atoms with van der Waals surface area (Å²) in [6.45, 7) is 4.65. The van der Waals surface area contributed by atoms with Crippen LogP contribution in [0.3, 0.4) is 0 Å². The van der Waals surface area contributed by atoms with Crippen LogP contribution in [0.5, 0.6) is 0 Å². The van der Waals surface area contributed by atoms with Crippen molar-refractivity contribution in [2.45, 2.75) is 76.4 Å². The maximum Gasteiger partial charge on any atom is 0.264 e. The summed E-state index contributed by atoms with van der Waals surface area (Å²) in [5.41, 5.74) is 2.37. The number of benzene rings is 3. The molecule has 4 rings (SSSR count). The lowest BCUT2D eigenvalue weighted by atomic mass is 9.95. The lowest BCUT2D eigenvalue weighted by Gasteiger charge is -2.33. The molecule has 1 fully saturated rings. The SMILES string of the molecule is Cc1ccc(S(=O)(=O)N(CC(=O)N(Cc2ccc(F)cc2)[C@H](C)C(=O)NC2CCCCC2)c2ccc(Cl)cc2C)cc1. The Labute approximate surface area is 252 Å². The van der Waals surface area contributed by atoms with E-state index in [1.165, 1.54) is 29.2 Å². The number of hydrogen-bond donors (Lipinski definition) is 1. The fourth-order valence-electron chi connectivity index (χ4n) is 5.19. The van der Waals surface area contributed by atoms with E-state index in [9.17, 15) is 22.4 Å². The molecule has 0 unspecified atom stereocenters. The van der Waals surface area contributed by atoms with Gasteiger partial charge in [0, 0.05) is 17.6 Å². The van der Waals surface area contributed by atoms with Crippen LogP contribution in [0.4, 0.5) is 10.1 Å². The summed E-state index contributed by atoms with van der Waals surface area (Å²) in [6, 6.07) is 16.0. The molecule has 0 aromatic heterocycles. The van der Waals surface area contributed by atoms with Crippen molar-refractivity contribution in [2.75, 3.05) is 10.8 Å². The van der Waals surface area contributed by atoms with Crippen molar-refractivity contribution in [1.29, 1.82) is 0 Å². The van der Waals surface area contributed by atoms with Gasteiger partial charge in [-0.1, -0.05) is 60.7 Å². The van der Waals surface area contributed by atoms with Crippen molar-refractivity contribution in [3.63, 3.8) is 0 Å². The molecule has 0 saturated heterocycles. The standard InChI is InChI=1S/C32H37ClFN3O4S/c1-22-9-16-29(17-10-22)42(40,41)37(30-18-13-26(33)19-23(30)2)21-31(38)36(20-25-11-14-27(34)15-12-25)24(3)32(39)35-28-7-5-4-6-8-28/h9-19,24,28H,4-8,20-21H2,1-3H3,(H,35,39)/t24-/m1/s1. The quantitative estimate of drug-likeness (QED) is 0.297. The molecule has 0 bridgehead atoms. The monoisotopic (exact) mass is 613 g/mol. The van der Waals surface area contributed by atoms with Crippen molar-refractivity contribution in [3.05, 3.63) is 94.3 Å². The number of aryl methyl sites for hydroxylation is 2. The van der Waals surface area contributed by atoms with Gasteiger partial charge in [0.15, 0.2) is 0 Å². The lowest BCUT2D eigenvalue weighted by Crippen LogP contribution is -2.53. The van der Waals surface area contributed by atoms with Gasteiger partial charge in [-0.25, -0.2) is 12.8 Å². The highest BCUT2D eigenvalue weighted by Gasteiger charge is 2.33. The lowest BCUT2D eigenvalue weighted by molar-refractivity contribution is -0.139. The minimum Gasteiger partial charge on any atom is -0.352 e. The van der Waals surface area contributed by atoms with Crippen molar-refractivity contribution >= 4 is 39.1 Å². The summed E-state index contributed by atoms with van der Waals surface area (Å²) in [6.07, 6.45) is 4.95. The Hall–Kier alpha value is -3.43. The van der Waals surface area contributed by atoms with Crippen LogP contribution in [-0.4, -0.2) is 43.8 Å². The average Bonchev–Trinajstić information content (AvgIpc) is 2.96. The van der Waals surface area contributed by atoms with Crippen molar-refractivity contribution < 1.29 is 22.4 Å². The molecular weight excluding hydrogens is 577 g/mol. The molecule has 3 aromatic carbocycles. The van der Waals surface area contributed by atoms with Crippen LogP contribution < -0.4 is 9.62 Å². The second kappa shape index (κ2) is 13.7. The van der Waals surface area contributed by atoms with E-state index in [4.69, 9.17) is 11.6 Å². The molecule has 0 radical (unpaired) electrons. The Balaban J connectivity index is 1.69. The predicted octanol–water partition coefficient (Wildman–Crippen LogP) is 6.16. The second-order valence-electron chi connectivity index (χ2n) is 10.9. The molecular formula is C32H37ClFN3O4S. The number of rotatable bonds is 10. The summed E-state index contributed by atoms with van der Waals surface area (Å²) in [4.78, 5) is 28.9. The number of sulfonamides is 1. The van der Waals surface area contributed by atoms with Crippen molar-refractivity contribution in [1.82, 2.24) is 10.2 Å². The van der Waals surface area contributed by atoms with E-state index in [0.717, 1.165) is 42.0 Å². The topological polar surface area (TPSA) is 86.8 Å². The number of hydrogen-bond acceptors (Lipinski definition) is 4. The van der Waals surface area contributed by atoms with Gasteiger partial charge in [-0.3, -0.25) is 13.9 Å². The van der Waals surface area contributed by atoms with E-state index in [1.54, 1.807) is 56.3 Å². The number of halogens is 2. The molecule has 1 aliphatic carbocycles. The number of carbonyl (C=O) groups excluding carboxylic acids is 2. The van der Waals surface area contributed by atoms with Crippen molar-refractivity contribution in [3.8, 4) is 0 Å². The first-order valence-electron chi connectivity index (χ1n) is 14.2. The molecule has 3 aromatic rings. The average molecular weight is 614 g/mol. The minimum atomic E-state index is -4.19. The van der Waals surface area contributed by atoms with E-state index in [1.807, 2.05) is 6.92 Å². The normalized spacial score (nSPS) is 14.7. The van der Waals surface area contributed by atoms with E-state index >= 15 is 0 Å². The third-order valence-corrected chi connectivity index (χ3v) is 9.71. The summed E-state index contributed by atoms with van der Waals surface area (Å²) < 4.78 is 42.7. The zero-order valence-corrected chi connectivity index (χ0v) is 25.7. The van der Waals surface area contributed by atoms with Gasteiger partial charge in [-0.05, 0) is 87.2 Å². The highest BCUT2D eigenvalue weighted by Crippen LogP contribution is 2.30. The maximum atomic E-state index is 14.1. The number of carbonyl (C=O) groups is 2. The Morgan fingerprint density at radius 3 is 2.24 bits per heavy atom. The smallest absolute Gasteiger partial charge is 0.264 e. The Kier molecular flexibility index (Phi) is 10.3. The molecule has 0 aliphatic heterocycles. The van der Waals surface area contributed by atoms with Gasteiger partial charge in [0.05, 0.1) is 10.6 Å². The van der Waals surface area contributed by atoms with Gasteiger partial charge in [-0.15, -0.1) is 0 Å². The van der Waals surface area contributed by atoms with E-state index < -0.39 is 34.3 Å². The highest BCUT2D eigenvalue weighted by atomic mass is 35.5. The van der Waals surface area contributed by atoms with E-state index in [2.05, 4.69) is 5.32 Å². The van der Waals surface area contributed by atoms with Crippen LogP contribution in [-0.2, 0) is 26.2 Å². The molecule has 0 spiro atoms. The Morgan fingerprint density at radius 1 is 0.976 bits per heavy atom. The minimum absolute atomic E-state index is 0.00359. The Bertz CT molecular complexity index is 1510. The molecule has 1 aliphatic rings. The van der Waals surface area contributed by atoms with Crippen LogP contribution in [0.1, 0.15) is 55.7 Å². The zero-order valence-electron chi connectivity index (χ0n) is 24.1.